The molecule has 11 heteroatoms. The fraction of sp³-hybridized carbons (Fsp3) is 0.645. The molecular formula is C31H45N5O6. The SMILES string of the molecule is CCC(C)C(NC(C)=O)C(=O)N1CC(=O)C2C1CCN2C(=O)C(CC(C)C)NC(=O)c1ccc(N2CCOCC2)cc1. The Kier molecular flexibility index (Phi) is 10.2. The molecule has 42 heavy (non-hydrogen) atoms. The van der Waals surface area contributed by atoms with Gasteiger partial charge in [-0.1, -0.05) is 34.1 Å². The maximum atomic E-state index is 13.9. The predicted octanol–water partition coefficient (Wildman–Crippen LogP) is 1.60. The van der Waals surface area contributed by atoms with Gasteiger partial charge in [-0.25, -0.2) is 0 Å². The first-order chi connectivity index (χ1) is 20.0. The molecule has 1 aromatic carbocycles. The Balaban J connectivity index is 1.46. The van der Waals surface area contributed by atoms with Crippen molar-refractivity contribution in [1.82, 2.24) is 20.4 Å². The van der Waals surface area contributed by atoms with Crippen LogP contribution in [0.3, 0.4) is 0 Å². The summed E-state index contributed by atoms with van der Waals surface area (Å²) in [5, 5.41) is 5.69. The van der Waals surface area contributed by atoms with E-state index in [4.69, 9.17) is 4.74 Å². The molecule has 3 saturated heterocycles. The molecule has 0 spiro atoms. The molecule has 5 unspecified atom stereocenters. The van der Waals surface area contributed by atoms with Gasteiger partial charge >= 0.3 is 0 Å². The normalized spacial score (nSPS) is 22.5. The van der Waals surface area contributed by atoms with Gasteiger partial charge in [0.05, 0.1) is 25.8 Å². The molecule has 3 fully saturated rings. The zero-order chi connectivity index (χ0) is 30.6. The lowest BCUT2D eigenvalue weighted by Crippen LogP contribution is -2.54. The minimum absolute atomic E-state index is 0.0961. The van der Waals surface area contributed by atoms with Crippen LogP contribution < -0.4 is 15.5 Å². The fourth-order valence-corrected chi connectivity index (χ4v) is 6.22. The quantitative estimate of drug-likeness (QED) is 0.428. The third-order valence-corrected chi connectivity index (χ3v) is 8.64. The number of carbonyl (C=O) groups excluding carboxylic acids is 5. The average molecular weight is 584 g/mol. The predicted molar refractivity (Wildman–Crippen MR) is 158 cm³/mol. The molecule has 2 N–H and O–H groups in total. The van der Waals surface area contributed by atoms with Gasteiger partial charge in [0.15, 0.2) is 5.78 Å². The number of benzene rings is 1. The highest BCUT2D eigenvalue weighted by molar-refractivity contribution is 6.01. The van der Waals surface area contributed by atoms with E-state index in [1.165, 1.54) is 6.92 Å². The number of ether oxygens (including phenoxy) is 1. The van der Waals surface area contributed by atoms with Gasteiger partial charge in [0.25, 0.3) is 5.91 Å². The first kappa shape index (κ1) is 31.5. The van der Waals surface area contributed by atoms with E-state index in [-0.39, 0.29) is 47.8 Å². The molecular weight excluding hydrogens is 538 g/mol. The van der Waals surface area contributed by atoms with E-state index in [2.05, 4.69) is 15.5 Å². The lowest BCUT2D eigenvalue weighted by atomic mass is 9.97. The van der Waals surface area contributed by atoms with Gasteiger partial charge in [-0.3, -0.25) is 24.0 Å². The van der Waals surface area contributed by atoms with Gasteiger partial charge in [-0.15, -0.1) is 0 Å². The van der Waals surface area contributed by atoms with Gasteiger partial charge in [0.2, 0.25) is 17.7 Å². The molecule has 0 bridgehead atoms. The number of anilines is 1. The number of morpholine rings is 1. The summed E-state index contributed by atoms with van der Waals surface area (Å²) in [6.07, 6.45) is 1.57. The second-order valence-electron chi connectivity index (χ2n) is 12.1. The van der Waals surface area contributed by atoms with E-state index in [9.17, 15) is 24.0 Å². The van der Waals surface area contributed by atoms with E-state index >= 15 is 0 Å². The maximum Gasteiger partial charge on any atom is 0.251 e. The van der Waals surface area contributed by atoms with Crippen LogP contribution in [-0.4, -0.2) is 103 Å². The van der Waals surface area contributed by atoms with Crippen molar-refractivity contribution in [2.75, 3.05) is 44.3 Å². The summed E-state index contributed by atoms with van der Waals surface area (Å²) in [6, 6.07) is 4.59. The van der Waals surface area contributed by atoms with Gasteiger partial charge in [0.1, 0.15) is 18.1 Å². The van der Waals surface area contributed by atoms with Crippen LogP contribution in [-0.2, 0) is 23.9 Å². The van der Waals surface area contributed by atoms with Crippen molar-refractivity contribution in [3.8, 4) is 0 Å². The second-order valence-corrected chi connectivity index (χ2v) is 12.1. The number of hydrogen-bond donors (Lipinski definition) is 2. The van der Waals surface area contributed by atoms with E-state index in [0.29, 0.717) is 44.6 Å². The van der Waals surface area contributed by atoms with Crippen molar-refractivity contribution >= 4 is 35.1 Å². The van der Waals surface area contributed by atoms with Gasteiger partial charge < -0.3 is 30.1 Å². The Bertz CT molecular complexity index is 1160. The lowest BCUT2D eigenvalue weighted by Gasteiger charge is -2.31. The van der Waals surface area contributed by atoms with E-state index in [0.717, 1.165) is 18.8 Å². The minimum atomic E-state index is -0.806. The Morgan fingerprint density at radius 1 is 0.952 bits per heavy atom. The van der Waals surface area contributed by atoms with Gasteiger partial charge in [0, 0.05) is 37.8 Å². The maximum absolute atomic E-state index is 13.9. The first-order valence-electron chi connectivity index (χ1n) is 15.2. The minimum Gasteiger partial charge on any atom is -0.378 e. The number of nitrogens with one attached hydrogen (secondary N) is 2. The summed E-state index contributed by atoms with van der Waals surface area (Å²) in [6.45, 7) is 12.3. The number of fused-ring (bicyclic) bond motifs is 1. The molecule has 0 radical (unpaired) electrons. The highest BCUT2D eigenvalue weighted by atomic mass is 16.5. The molecule has 5 atom stereocenters. The number of Topliss-reactive ketones (excluding diaryl/α,β-unsaturated/α-hetero) is 1. The Morgan fingerprint density at radius 3 is 2.21 bits per heavy atom. The summed E-state index contributed by atoms with van der Waals surface area (Å²) in [7, 11) is 0. The summed E-state index contributed by atoms with van der Waals surface area (Å²) in [5.74, 6) is -1.43. The van der Waals surface area contributed by atoms with Crippen molar-refractivity contribution in [2.24, 2.45) is 11.8 Å². The summed E-state index contributed by atoms with van der Waals surface area (Å²) in [4.78, 5) is 71.1. The molecule has 230 valence electrons. The number of likely N-dealkylation sites (tertiary alicyclic amines) is 2. The second kappa shape index (κ2) is 13.7. The van der Waals surface area contributed by atoms with Crippen LogP contribution in [0.1, 0.15) is 64.2 Å². The summed E-state index contributed by atoms with van der Waals surface area (Å²) >= 11 is 0. The number of rotatable bonds is 10. The molecule has 4 rings (SSSR count). The van der Waals surface area contributed by atoms with Gasteiger partial charge in [-0.05, 0) is 48.9 Å². The molecule has 3 aliphatic rings. The van der Waals surface area contributed by atoms with Crippen LogP contribution in [0, 0.1) is 11.8 Å². The summed E-state index contributed by atoms with van der Waals surface area (Å²) < 4.78 is 5.41. The van der Waals surface area contributed by atoms with Crippen molar-refractivity contribution in [3.63, 3.8) is 0 Å². The number of ketones is 1. The van der Waals surface area contributed by atoms with Gasteiger partial charge in [-0.2, -0.15) is 0 Å². The van der Waals surface area contributed by atoms with Crippen LogP contribution in [0.15, 0.2) is 24.3 Å². The van der Waals surface area contributed by atoms with E-state index in [1.807, 2.05) is 39.8 Å². The lowest BCUT2D eigenvalue weighted by molar-refractivity contribution is -0.139. The fourth-order valence-electron chi connectivity index (χ4n) is 6.22. The number of hydrogen-bond acceptors (Lipinski definition) is 7. The van der Waals surface area contributed by atoms with E-state index < -0.39 is 24.2 Å². The van der Waals surface area contributed by atoms with Crippen LogP contribution in [0.4, 0.5) is 5.69 Å². The zero-order valence-electron chi connectivity index (χ0n) is 25.4. The largest absolute Gasteiger partial charge is 0.378 e. The standard InChI is InChI=1S/C31H45N5O6/c1-6-20(4)27(32-21(5)37)31(41)36-18-26(38)28-25(36)11-12-35(28)30(40)24(17-19(2)3)33-29(39)22-7-9-23(10-8-22)34-13-15-42-16-14-34/h7-10,19-20,24-25,27-28H,6,11-18H2,1-5H3,(H,32,37)(H,33,39). The molecule has 0 saturated carbocycles. The topological polar surface area (TPSA) is 128 Å². The van der Waals surface area contributed by atoms with E-state index in [1.54, 1.807) is 21.9 Å². The van der Waals surface area contributed by atoms with Crippen LogP contribution in [0.25, 0.3) is 0 Å². The highest BCUT2D eigenvalue weighted by Crippen LogP contribution is 2.32. The van der Waals surface area contributed by atoms with Crippen LogP contribution >= 0.6 is 0 Å². The number of nitrogens with zero attached hydrogens (tertiary/aromatic N) is 3. The van der Waals surface area contributed by atoms with Crippen LogP contribution in [0.5, 0.6) is 0 Å². The smallest absolute Gasteiger partial charge is 0.251 e. The average Bonchev–Trinajstić information content (AvgIpc) is 3.55. The molecule has 11 nitrogen and oxygen atoms in total. The van der Waals surface area contributed by atoms with Crippen molar-refractivity contribution < 1.29 is 28.7 Å². The molecule has 3 heterocycles. The Hall–Kier alpha value is -3.47. The molecule has 0 aliphatic carbocycles. The molecule has 0 aromatic heterocycles. The summed E-state index contributed by atoms with van der Waals surface area (Å²) in [5.41, 5.74) is 1.47. The monoisotopic (exact) mass is 583 g/mol. The first-order valence-corrected chi connectivity index (χ1v) is 15.2. The van der Waals surface area contributed by atoms with Crippen molar-refractivity contribution in [3.05, 3.63) is 29.8 Å². The third-order valence-electron chi connectivity index (χ3n) is 8.64. The zero-order valence-corrected chi connectivity index (χ0v) is 25.4. The number of carbonyl (C=O) groups is 5. The molecule has 3 aliphatic heterocycles. The van der Waals surface area contributed by atoms with Crippen molar-refractivity contribution in [2.45, 2.75) is 78.0 Å². The highest BCUT2D eigenvalue weighted by Gasteiger charge is 2.53. The molecule has 4 amide bonds. The van der Waals surface area contributed by atoms with Crippen LogP contribution in [0.2, 0.25) is 0 Å². The molecule has 1 aromatic rings. The van der Waals surface area contributed by atoms with Crippen molar-refractivity contribution in [1.29, 1.82) is 0 Å². The third kappa shape index (κ3) is 6.94. The number of amides is 4. The Labute approximate surface area is 248 Å². The Morgan fingerprint density at radius 2 is 1.62 bits per heavy atom.